The zero-order valence-corrected chi connectivity index (χ0v) is 18.2. The Morgan fingerprint density at radius 2 is 1.87 bits per heavy atom. The van der Waals surface area contributed by atoms with Crippen molar-refractivity contribution in [3.05, 3.63) is 29.8 Å². The summed E-state index contributed by atoms with van der Waals surface area (Å²) in [5.41, 5.74) is -0.0918. The number of nitrogens with one attached hydrogen (secondary N) is 2. The first-order valence-corrected chi connectivity index (χ1v) is 11.2. The molecule has 1 aromatic rings. The third-order valence-corrected chi connectivity index (χ3v) is 5.65. The summed E-state index contributed by atoms with van der Waals surface area (Å²) in [6.45, 7) is 3.86. The van der Waals surface area contributed by atoms with E-state index in [9.17, 15) is 14.4 Å². The van der Waals surface area contributed by atoms with Crippen LogP contribution in [0, 0.1) is 5.41 Å². The summed E-state index contributed by atoms with van der Waals surface area (Å²) in [5, 5.41) is 10.7. The summed E-state index contributed by atoms with van der Waals surface area (Å²) in [5.74, 6) is -1.02. The number of nitrogens with zero attached hydrogens (tertiary/aromatic N) is 3. The predicted octanol–water partition coefficient (Wildman–Crippen LogP) is 2.27. The van der Waals surface area contributed by atoms with Crippen molar-refractivity contribution >= 4 is 46.2 Å². The molecule has 3 amide bonds. The minimum Gasteiger partial charge on any atom is -0.494 e. The van der Waals surface area contributed by atoms with E-state index in [4.69, 9.17) is 10.1 Å². The van der Waals surface area contributed by atoms with E-state index in [-0.39, 0.29) is 28.1 Å². The smallest absolute Gasteiger partial charge is 0.279 e. The summed E-state index contributed by atoms with van der Waals surface area (Å²) in [6, 6.07) is 6.36. The molecule has 164 valence electrons. The second-order valence-corrected chi connectivity index (χ2v) is 7.99. The Bertz CT molecular complexity index is 918. The molecule has 9 nitrogen and oxygen atoms in total. The van der Waals surface area contributed by atoms with Crippen molar-refractivity contribution in [3.8, 4) is 5.75 Å². The van der Waals surface area contributed by atoms with Crippen molar-refractivity contribution in [2.45, 2.75) is 32.6 Å². The van der Waals surface area contributed by atoms with E-state index >= 15 is 0 Å². The topological polar surface area (TPSA) is 124 Å². The summed E-state index contributed by atoms with van der Waals surface area (Å²) in [4.78, 5) is 46.7. The number of hydrogen-bond acceptors (Lipinski definition) is 6. The largest absolute Gasteiger partial charge is 0.494 e. The van der Waals surface area contributed by atoms with Gasteiger partial charge in [0.15, 0.2) is 16.7 Å². The number of amides is 3. The minimum atomic E-state index is -0.691. The van der Waals surface area contributed by atoms with Crippen LogP contribution in [0.15, 0.2) is 34.3 Å². The number of hydrogen-bond donors (Lipinski definition) is 2. The molecular formula is C21H25N5O4S. The van der Waals surface area contributed by atoms with Gasteiger partial charge < -0.3 is 9.64 Å². The van der Waals surface area contributed by atoms with Crippen molar-refractivity contribution in [3.63, 3.8) is 0 Å². The molecule has 2 aliphatic heterocycles. The highest BCUT2D eigenvalue weighted by Crippen LogP contribution is 2.15. The Kier molecular flexibility index (Phi) is 7.94. The zero-order chi connectivity index (χ0) is 22.2. The third kappa shape index (κ3) is 6.24. The molecule has 0 bridgehead atoms. The maximum atomic E-state index is 12.4. The number of amidine groups is 2. The number of benzene rings is 1. The molecule has 1 fully saturated rings. The number of thioether (sulfide) groups is 1. The average Bonchev–Trinajstić information content (AvgIpc) is 3.05. The van der Waals surface area contributed by atoms with Crippen LogP contribution in [0.5, 0.6) is 5.75 Å². The summed E-state index contributed by atoms with van der Waals surface area (Å²) in [7, 11) is 0. The van der Waals surface area contributed by atoms with Gasteiger partial charge in [-0.05, 0) is 44.0 Å². The molecule has 0 aromatic heterocycles. The molecule has 31 heavy (non-hydrogen) atoms. The highest BCUT2D eigenvalue weighted by molar-refractivity contribution is 8.14. The second kappa shape index (κ2) is 10.9. The number of aliphatic imine (C=N–C) groups is 2. The molecule has 2 N–H and O–H groups in total. The van der Waals surface area contributed by atoms with E-state index in [0.717, 1.165) is 50.5 Å². The second-order valence-electron chi connectivity index (χ2n) is 7.03. The normalized spacial score (nSPS) is 18.3. The van der Waals surface area contributed by atoms with Gasteiger partial charge in [0.25, 0.3) is 11.8 Å². The van der Waals surface area contributed by atoms with Gasteiger partial charge in [-0.25, -0.2) is 4.99 Å². The SMILES string of the molecule is CCOc1ccc(C(=O)N=C2C(=N)N=C(SCC(=O)N3CCCCCC3)NC2=O)cc1. The van der Waals surface area contributed by atoms with Gasteiger partial charge >= 0.3 is 0 Å². The molecule has 2 aliphatic rings. The van der Waals surface area contributed by atoms with E-state index in [0.29, 0.717) is 12.4 Å². The Balaban J connectivity index is 1.61. The van der Waals surface area contributed by atoms with E-state index in [1.165, 1.54) is 0 Å². The first-order chi connectivity index (χ1) is 15.0. The molecule has 1 saturated heterocycles. The molecule has 0 spiro atoms. The van der Waals surface area contributed by atoms with Gasteiger partial charge in [-0.15, -0.1) is 0 Å². The summed E-state index contributed by atoms with van der Waals surface area (Å²) in [6.07, 6.45) is 4.27. The first-order valence-electron chi connectivity index (χ1n) is 10.2. The lowest BCUT2D eigenvalue weighted by Gasteiger charge is -2.20. The lowest BCUT2D eigenvalue weighted by atomic mass is 10.2. The van der Waals surface area contributed by atoms with E-state index in [2.05, 4.69) is 15.3 Å². The quantitative estimate of drug-likeness (QED) is 0.722. The van der Waals surface area contributed by atoms with Gasteiger partial charge in [0.1, 0.15) is 5.75 Å². The molecule has 3 rings (SSSR count). The van der Waals surface area contributed by atoms with Crippen molar-refractivity contribution in [1.82, 2.24) is 10.2 Å². The van der Waals surface area contributed by atoms with Crippen LogP contribution in [0.25, 0.3) is 0 Å². The first kappa shape index (κ1) is 22.7. The van der Waals surface area contributed by atoms with Crippen LogP contribution < -0.4 is 10.1 Å². The molecule has 0 radical (unpaired) electrons. The van der Waals surface area contributed by atoms with E-state index < -0.39 is 17.6 Å². The van der Waals surface area contributed by atoms with Crippen molar-refractivity contribution < 1.29 is 19.1 Å². The number of carbonyl (C=O) groups is 3. The number of likely N-dealkylation sites (tertiary alicyclic amines) is 1. The molecule has 0 atom stereocenters. The molecule has 10 heteroatoms. The third-order valence-electron chi connectivity index (χ3n) is 4.79. The minimum absolute atomic E-state index is 0.0134. The van der Waals surface area contributed by atoms with Crippen LogP contribution in [0.4, 0.5) is 0 Å². The molecule has 0 aliphatic carbocycles. The number of carbonyl (C=O) groups excluding carboxylic acids is 3. The van der Waals surface area contributed by atoms with E-state index in [1.807, 2.05) is 11.8 Å². The van der Waals surface area contributed by atoms with Gasteiger partial charge in [-0.2, -0.15) is 4.99 Å². The average molecular weight is 444 g/mol. The maximum absolute atomic E-state index is 12.4. The molecular weight excluding hydrogens is 418 g/mol. The Morgan fingerprint density at radius 1 is 1.19 bits per heavy atom. The fraction of sp³-hybridized carbons (Fsp3) is 0.429. The standard InChI is InChI=1S/C21H25N5O4S/c1-2-30-15-9-7-14(8-10-15)19(28)23-17-18(22)24-21(25-20(17)29)31-13-16(27)26-11-5-3-4-6-12-26/h7-10H,2-6,11-13H2,1H3,(H2,22,24,25,29). The monoisotopic (exact) mass is 443 g/mol. The van der Waals surface area contributed by atoms with Crippen LogP contribution in [-0.4, -0.2) is 64.8 Å². The van der Waals surface area contributed by atoms with Crippen molar-refractivity contribution in [2.75, 3.05) is 25.4 Å². The molecule has 2 heterocycles. The van der Waals surface area contributed by atoms with Gasteiger partial charge in [-0.3, -0.25) is 25.1 Å². The van der Waals surface area contributed by atoms with Crippen LogP contribution in [-0.2, 0) is 9.59 Å². The Hall–Kier alpha value is -3.01. The summed E-state index contributed by atoms with van der Waals surface area (Å²) >= 11 is 1.07. The van der Waals surface area contributed by atoms with Gasteiger partial charge in [0.05, 0.1) is 12.4 Å². The van der Waals surface area contributed by atoms with Crippen LogP contribution in [0.3, 0.4) is 0 Å². The zero-order valence-electron chi connectivity index (χ0n) is 17.3. The van der Waals surface area contributed by atoms with Crippen molar-refractivity contribution in [1.29, 1.82) is 5.41 Å². The van der Waals surface area contributed by atoms with Crippen LogP contribution in [0.2, 0.25) is 0 Å². The van der Waals surface area contributed by atoms with Crippen LogP contribution in [0.1, 0.15) is 43.0 Å². The summed E-state index contributed by atoms with van der Waals surface area (Å²) < 4.78 is 5.33. The van der Waals surface area contributed by atoms with Gasteiger partial charge in [0.2, 0.25) is 5.91 Å². The number of ether oxygens (including phenoxy) is 1. The predicted molar refractivity (Wildman–Crippen MR) is 120 cm³/mol. The molecule has 0 unspecified atom stereocenters. The van der Waals surface area contributed by atoms with E-state index in [1.54, 1.807) is 24.3 Å². The lowest BCUT2D eigenvalue weighted by Crippen LogP contribution is -2.44. The Labute approximate surface area is 184 Å². The number of rotatable bonds is 5. The fourth-order valence-electron chi connectivity index (χ4n) is 3.19. The molecule has 1 aromatic carbocycles. The highest BCUT2D eigenvalue weighted by atomic mass is 32.2. The van der Waals surface area contributed by atoms with Gasteiger partial charge in [0, 0.05) is 18.7 Å². The van der Waals surface area contributed by atoms with Crippen molar-refractivity contribution in [2.24, 2.45) is 9.98 Å². The van der Waals surface area contributed by atoms with Crippen LogP contribution >= 0.6 is 11.8 Å². The van der Waals surface area contributed by atoms with Gasteiger partial charge in [-0.1, -0.05) is 24.6 Å². The lowest BCUT2D eigenvalue weighted by molar-refractivity contribution is -0.128. The Morgan fingerprint density at radius 3 is 2.48 bits per heavy atom. The fourth-order valence-corrected chi connectivity index (χ4v) is 3.95. The highest BCUT2D eigenvalue weighted by Gasteiger charge is 2.27. The molecule has 0 saturated carbocycles. The maximum Gasteiger partial charge on any atom is 0.279 e.